The van der Waals surface area contributed by atoms with Crippen molar-refractivity contribution in [3.8, 4) is 0 Å². The van der Waals surface area contributed by atoms with Gasteiger partial charge >= 0.3 is 5.97 Å². The first-order valence-corrected chi connectivity index (χ1v) is 4.44. The summed E-state index contributed by atoms with van der Waals surface area (Å²) in [4.78, 5) is 26.3. The van der Waals surface area contributed by atoms with E-state index in [0.29, 0.717) is 5.56 Å². The summed E-state index contributed by atoms with van der Waals surface area (Å²) in [5.74, 6) is -0.826. The highest BCUT2D eigenvalue weighted by atomic mass is 16.5. The van der Waals surface area contributed by atoms with Crippen molar-refractivity contribution in [1.82, 2.24) is 10.3 Å². The molecule has 0 aliphatic rings. The quantitative estimate of drug-likeness (QED) is 0.729. The van der Waals surface area contributed by atoms with E-state index in [-0.39, 0.29) is 5.91 Å². The van der Waals surface area contributed by atoms with E-state index >= 15 is 0 Å². The van der Waals surface area contributed by atoms with E-state index in [0.717, 1.165) is 0 Å². The molecule has 1 heterocycles. The third-order valence-corrected chi connectivity index (χ3v) is 1.83. The Hall–Kier alpha value is -1.91. The number of rotatable bonds is 3. The van der Waals surface area contributed by atoms with Crippen molar-refractivity contribution in [3.05, 3.63) is 30.1 Å². The lowest BCUT2D eigenvalue weighted by Gasteiger charge is -2.10. The molecule has 0 aliphatic heterocycles. The van der Waals surface area contributed by atoms with Crippen molar-refractivity contribution < 1.29 is 14.3 Å². The van der Waals surface area contributed by atoms with Crippen molar-refractivity contribution in [2.24, 2.45) is 0 Å². The lowest BCUT2D eigenvalue weighted by Crippen LogP contribution is -2.39. The van der Waals surface area contributed by atoms with E-state index in [4.69, 9.17) is 0 Å². The summed E-state index contributed by atoms with van der Waals surface area (Å²) in [5, 5.41) is 2.49. The number of hydrogen-bond acceptors (Lipinski definition) is 4. The van der Waals surface area contributed by atoms with Gasteiger partial charge in [0, 0.05) is 12.4 Å². The summed E-state index contributed by atoms with van der Waals surface area (Å²) in [6.45, 7) is 1.56. The predicted molar refractivity (Wildman–Crippen MR) is 53.2 cm³/mol. The number of nitrogens with zero attached hydrogens (tertiary/aromatic N) is 1. The van der Waals surface area contributed by atoms with Crippen molar-refractivity contribution in [2.75, 3.05) is 7.11 Å². The molecule has 5 heteroatoms. The molecule has 1 rings (SSSR count). The SMILES string of the molecule is COC(=O)[C@H](C)NC(=O)c1cccnc1. The standard InChI is InChI=1S/C10H12N2O3/c1-7(10(14)15-2)12-9(13)8-4-3-5-11-6-8/h3-7H,1-2H3,(H,12,13)/t7-/m0/s1. The van der Waals surface area contributed by atoms with Crippen LogP contribution in [0.2, 0.25) is 0 Å². The molecule has 15 heavy (non-hydrogen) atoms. The van der Waals surface area contributed by atoms with Crippen molar-refractivity contribution in [1.29, 1.82) is 0 Å². The molecule has 5 nitrogen and oxygen atoms in total. The Morgan fingerprint density at radius 1 is 1.53 bits per heavy atom. The van der Waals surface area contributed by atoms with Gasteiger partial charge in [-0.15, -0.1) is 0 Å². The van der Waals surface area contributed by atoms with Crippen LogP contribution >= 0.6 is 0 Å². The van der Waals surface area contributed by atoms with Crippen LogP contribution in [0.4, 0.5) is 0 Å². The van der Waals surface area contributed by atoms with Crippen LogP contribution in [0.15, 0.2) is 24.5 Å². The molecule has 1 aromatic heterocycles. The summed E-state index contributed by atoms with van der Waals surface area (Å²) in [6, 6.07) is 2.60. The Morgan fingerprint density at radius 2 is 2.27 bits per heavy atom. The Bertz CT molecular complexity index is 351. The Kier molecular flexibility index (Phi) is 3.79. The minimum atomic E-state index is -0.664. The number of aromatic nitrogens is 1. The van der Waals surface area contributed by atoms with E-state index in [9.17, 15) is 9.59 Å². The lowest BCUT2D eigenvalue weighted by atomic mass is 10.2. The van der Waals surface area contributed by atoms with Crippen LogP contribution < -0.4 is 5.32 Å². The molecule has 0 radical (unpaired) electrons. The molecule has 0 unspecified atom stereocenters. The highest BCUT2D eigenvalue weighted by Crippen LogP contribution is 1.96. The average molecular weight is 208 g/mol. The third-order valence-electron chi connectivity index (χ3n) is 1.83. The van der Waals surface area contributed by atoms with Gasteiger partial charge in [-0.3, -0.25) is 9.78 Å². The van der Waals surface area contributed by atoms with E-state index < -0.39 is 12.0 Å². The maximum Gasteiger partial charge on any atom is 0.328 e. The van der Waals surface area contributed by atoms with E-state index in [1.165, 1.54) is 13.3 Å². The van der Waals surface area contributed by atoms with Gasteiger partial charge < -0.3 is 10.1 Å². The fourth-order valence-corrected chi connectivity index (χ4v) is 1.01. The molecule has 80 valence electrons. The van der Waals surface area contributed by atoms with Gasteiger partial charge in [0.05, 0.1) is 12.7 Å². The van der Waals surface area contributed by atoms with Gasteiger partial charge in [0.25, 0.3) is 5.91 Å². The molecule has 0 saturated heterocycles. The van der Waals surface area contributed by atoms with Gasteiger partial charge in [-0.25, -0.2) is 4.79 Å². The summed E-state index contributed by atoms with van der Waals surface area (Å²) < 4.78 is 4.48. The van der Waals surface area contributed by atoms with Gasteiger partial charge in [-0.1, -0.05) is 0 Å². The molecule has 0 spiro atoms. The van der Waals surface area contributed by atoms with Crippen LogP contribution in [-0.2, 0) is 9.53 Å². The highest BCUT2D eigenvalue weighted by Gasteiger charge is 2.16. The van der Waals surface area contributed by atoms with E-state index in [2.05, 4.69) is 15.0 Å². The monoisotopic (exact) mass is 208 g/mol. The number of methoxy groups -OCH3 is 1. The molecule has 1 amide bonds. The van der Waals surface area contributed by atoms with Crippen LogP contribution in [0.1, 0.15) is 17.3 Å². The van der Waals surface area contributed by atoms with Crippen LogP contribution in [0.3, 0.4) is 0 Å². The number of esters is 1. The second-order valence-corrected chi connectivity index (χ2v) is 2.96. The molecule has 0 aliphatic carbocycles. The molecule has 1 atom stereocenters. The molecule has 1 N–H and O–H groups in total. The number of carbonyl (C=O) groups excluding carboxylic acids is 2. The minimum absolute atomic E-state index is 0.346. The number of ether oxygens (including phenoxy) is 1. The van der Waals surface area contributed by atoms with Crippen molar-refractivity contribution in [3.63, 3.8) is 0 Å². The molecule has 1 aromatic rings. The van der Waals surface area contributed by atoms with E-state index in [1.54, 1.807) is 25.3 Å². The van der Waals surface area contributed by atoms with Crippen LogP contribution in [0, 0.1) is 0 Å². The fourth-order valence-electron chi connectivity index (χ4n) is 1.01. The topological polar surface area (TPSA) is 68.3 Å². The summed E-state index contributed by atoms with van der Waals surface area (Å²) >= 11 is 0. The zero-order valence-corrected chi connectivity index (χ0v) is 8.56. The Balaban J connectivity index is 2.61. The molecule has 0 fully saturated rings. The zero-order chi connectivity index (χ0) is 11.3. The fraction of sp³-hybridized carbons (Fsp3) is 0.300. The summed E-state index contributed by atoms with van der Waals surface area (Å²) in [6.07, 6.45) is 3.00. The largest absolute Gasteiger partial charge is 0.467 e. The summed E-state index contributed by atoms with van der Waals surface area (Å²) in [5.41, 5.74) is 0.410. The van der Waals surface area contributed by atoms with E-state index in [1.807, 2.05) is 0 Å². The molecule has 0 aromatic carbocycles. The Morgan fingerprint density at radius 3 is 2.80 bits per heavy atom. The number of pyridine rings is 1. The third kappa shape index (κ3) is 3.05. The Labute approximate surface area is 87.5 Å². The number of carbonyl (C=O) groups is 2. The molecular formula is C10H12N2O3. The normalized spacial score (nSPS) is 11.6. The second-order valence-electron chi connectivity index (χ2n) is 2.96. The summed E-state index contributed by atoms with van der Waals surface area (Å²) in [7, 11) is 1.27. The van der Waals surface area contributed by atoms with Gasteiger partial charge in [0.2, 0.25) is 0 Å². The number of nitrogens with one attached hydrogen (secondary N) is 1. The first-order valence-electron chi connectivity index (χ1n) is 4.44. The maximum atomic E-state index is 11.5. The van der Waals surface area contributed by atoms with Crippen molar-refractivity contribution >= 4 is 11.9 Å². The first-order chi connectivity index (χ1) is 7.15. The van der Waals surface area contributed by atoms with Crippen LogP contribution in [0.5, 0.6) is 0 Å². The average Bonchev–Trinajstić information content (AvgIpc) is 2.29. The highest BCUT2D eigenvalue weighted by molar-refractivity contribution is 5.96. The van der Waals surface area contributed by atoms with Crippen LogP contribution in [-0.4, -0.2) is 30.0 Å². The van der Waals surface area contributed by atoms with Crippen LogP contribution in [0.25, 0.3) is 0 Å². The lowest BCUT2D eigenvalue weighted by molar-refractivity contribution is -0.142. The van der Waals surface area contributed by atoms with Gasteiger partial charge in [-0.05, 0) is 19.1 Å². The molecule has 0 saturated carbocycles. The minimum Gasteiger partial charge on any atom is -0.467 e. The van der Waals surface area contributed by atoms with Gasteiger partial charge in [0.1, 0.15) is 6.04 Å². The second kappa shape index (κ2) is 5.09. The smallest absolute Gasteiger partial charge is 0.328 e. The van der Waals surface area contributed by atoms with Gasteiger partial charge in [0.15, 0.2) is 0 Å². The number of amides is 1. The predicted octanol–water partition coefficient (Wildman–Crippen LogP) is 0.373. The zero-order valence-electron chi connectivity index (χ0n) is 8.56. The molecule has 0 bridgehead atoms. The first kappa shape index (κ1) is 11.2. The van der Waals surface area contributed by atoms with Gasteiger partial charge in [-0.2, -0.15) is 0 Å². The molecular weight excluding hydrogens is 196 g/mol. The van der Waals surface area contributed by atoms with Crippen molar-refractivity contribution in [2.45, 2.75) is 13.0 Å². The maximum absolute atomic E-state index is 11.5. The number of hydrogen-bond donors (Lipinski definition) is 1.